The van der Waals surface area contributed by atoms with Crippen LogP contribution in [-0.2, 0) is 0 Å². The van der Waals surface area contributed by atoms with Gasteiger partial charge in [0.05, 0.1) is 3.57 Å². The van der Waals surface area contributed by atoms with Gasteiger partial charge >= 0.3 is 0 Å². The Morgan fingerprint density at radius 2 is 1.89 bits per heavy atom. The van der Waals surface area contributed by atoms with Crippen LogP contribution in [-0.4, -0.2) is 53.0 Å². The second-order valence-electron chi connectivity index (χ2n) is 5.09. The molecule has 0 bridgehead atoms. The van der Waals surface area contributed by atoms with Gasteiger partial charge in [-0.05, 0) is 54.6 Å². The van der Waals surface area contributed by atoms with Crippen LogP contribution in [0.3, 0.4) is 0 Å². The highest BCUT2D eigenvalue weighted by atomic mass is 127. The quantitative estimate of drug-likeness (QED) is 0.807. The molecule has 0 aliphatic carbocycles. The van der Waals surface area contributed by atoms with Crippen molar-refractivity contribution in [2.24, 2.45) is 0 Å². The first-order chi connectivity index (χ1) is 8.99. The van der Waals surface area contributed by atoms with Crippen molar-refractivity contribution in [3.05, 3.63) is 27.3 Å². The third-order valence-corrected chi connectivity index (χ3v) is 4.44. The van der Waals surface area contributed by atoms with Gasteiger partial charge in [-0.2, -0.15) is 0 Å². The summed E-state index contributed by atoms with van der Waals surface area (Å²) in [6.45, 7) is 7.69. The van der Waals surface area contributed by atoms with E-state index in [2.05, 4.69) is 18.7 Å². The van der Waals surface area contributed by atoms with E-state index in [-0.39, 0.29) is 11.7 Å². The number of rotatable bonds is 2. The predicted octanol–water partition coefficient (Wildman–Crippen LogP) is 2.16. The maximum Gasteiger partial charge on any atom is 0.254 e. The third-order valence-electron chi connectivity index (χ3n) is 3.52. The zero-order chi connectivity index (χ0) is 14.0. The van der Waals surface area contributed by atoms with Gasteiger partial charge in [0, 0.05) is 37.8 Å². The number of nitrogens with zero attached hydrogens (tertiary/aromatic N) is 2. The molecule has 1 amide bonds. The lowest BCUT2D eigenvalue weighted by molar-refractivity contribution is 0.0595. The molecule has 2 rings (SSSR count). The van der Waals surface area contributed by atoms with E-state index in [1.807, 2.05) is 27.5 Å². The third kappa shape index (κ3) is 3.39. The van der Waals surface area contributed by atoms with Crippen molar-refractivity contribution < 1.29 is 9.90 Å². The number of benzene rings is 1. The number of halogens is 1. The Bertz CT molecular complexity index is 469. The molecule has 0 atom stereocenters. The SMILES string of the molecule is CC(C)N1CCN(C(=O)c2ccc(I)c(O)c2)CC1. The van der Waals surface area contributed by atoms with Crippen LogP contribution < -0.4 is 0 Å². The Kier molecular flexibility index (Phi) is 4.67. The van der Waals surface area contributed by atoms with E-state index in [1.165, 1.54) is 0 Å². The van der Waals surface area contributed by atoms with Crippen molar-refractivity contribution in [2.45, 2.75) is 19.9 Å². The molecule has 0 unspecified atom stereocenters. The standard InChI is InChI=1S/C14H19IN2O2/c1-10(2)16-5-7-17(8-6-16)14(19)11-3-4-12(15)13(18)9-11/h3-4,9-10,18H,5-8H2,1-2H3. The fourth-order valence-electron chi connectivity index (χ4n) is 2.27. The Morgan fingerprint density at radius 1 is 1.26 bits per heavy atom. The average Bonchev–Trinajstić information content (AvgIpc) is 2.41. The average molecular weight is 374 g/mol. The largest absolute Gasteiger partial charge is 0.507 e. The molecule has 104 valence electrons. The molecule has 1 saturated heterocycles. The van der Waals surface area contributed by atoms with Crippen LogP contribution in [0.1, 0.15) is 24.2 Å². The molecule has 0 radical (unpaired) electrons. The molecule has 1 aromatic rings. The molecular weight excluding hydrogens is 355 g/mol. The number of phenolic OH excluding ortho intramolecular Hbond substituents is 1. The molecule has 1 heterocycles. The number of aromatic hydroxyl groups is 1. The second kappa shape index (κ2) is 6.09. The molecule has 0 aromatic heterocycles. The zero-order valence-electron chi connectivity index (χ0n) is 11.3. The number of amides is 1. The monoisotopic (exact) mass is 374 g/mol. The first kappa shape index (κ1) is 14.6. The minimum absolute atomic E-state index is 0.00936. The number of hydrogen-bond donors (Lipinski definition) is 1. The van der Waals surface area contributed by atoms with Gasteiger partial charge in [-0.1, -0.05) is 0 Å². The molecule has 0 saturated carbocycles. The topological polar surface area (TPSA) is 43.8 Å². The zero-order valence-corrected chi connectivity index (χ0v) is 13.4. The van der Waals surface area contributed by atoms with Gasteiger partial charge in [0.1, 0.15) is 5.75 Å². The van der Waals surface area contributed by atoms with Crippen molar-refractivity contribution >= 4 is 28.5 Å². The van der Waals surface area contributed by atoms with Gasteiger partial charge in [-0.25, -0.2) is 0 Å². The van der Waals surface area contributed by atoms with E-state index in [1.54, 1.807) is 18.2 Å². The molecule has 4 nitrogen and oxygen atoms in total. The maximum absolute atomic E-state index is 12.3. The highest BCUT2D eigenvalue weighted by Gasteiger charge is 2.23. The molecule has 1 fully saturated rings. The number of piperazine rings is 1. The van der Waals surface area contributed by atoms with E-state index in [0.717, 1.165) is 29.7 Å². The summed E-state index contributed by atoms with van der Waals surface area (Å²) in [5.41, 5.74) is 0.566. The molecule has 19 heavy (non-hydrogen) atoms. The van der Waals surface area contributed by atoms with Gasteiger partial charge in [-0.15, -0.1) is 0 Å². The molecular formula is C14H19IN2O2. The van der Waals surface area contributed by atoms with Crippen LogP contribution in [0.15, 0.2) is 18.2 Å². The summed E-state index contributed by atoms with van der Waals surface area (Å²) in [5, 5.41) is 9.68. The molecule has 0 spiro atoms. The van der Waals surface area contributed by atoms with Gasteiger partial charge in [0.25, 0.3) is 5.91 Å². The van der Waals surface area contributed by atoms with Crippen molar-refractivity contribution in [1.29, 1.82) is 0 Å². The number of carbonyl (C=O) groups excluding carboxylic acids is 1. The smallest absolute Gasteiger partial charge is 0.254 e. The van der Waals surface area contributed by atoms with E-state index < -0.39 is 0 Å². The van der Waals surface area contributed by atoms with E-state index in [0.29, 0.717) is 11.6 Å². The Balaban J connectivity index is 2.03. The van der Waals surface area contributed by atoms with Crippen LogP contribution in [0, 0.1) is 3.57 Å². The van der Waals surface area contributed by atoms with Crippen LogP contribution in [0.5, 0.6) is 5.75 Å². The van der Waals surface area contributed by atoms with Crippen LogP contribution in [0.4, 0.5) is 0 Å². The van der Waals surface area contributed by atoms with E-state index >= 15 is 0 Å². The van der Waals surface area contributed by atoms with Crippen LogP contribution in [0.25, 0.3) is 0 Å². The highest BCUT2D eigenvalue weighted by Crippen LogP contribution is 2.21. The summed E-state index contributed by atoms with van der Waals surface area (Å²) in [7, 11) is 0. The molecule has 1 aliphatic heterocycles. The summed E-state index contributed by atoms with van der Waals surface area (Å²) in [5.74, 6) is 0.183. The van der Waals surface area contributed by atoms with Crippen LogP contribution >= 0.6 is 22.6 Å². The Hall–Kier alpha value is -0.820. The van der Waals surface area contributed by atoms with Crippen molar-refractivity contribution in [3.63, 3.8) is 0 Å². The van der Waals surface area contributed by atoms with E-state index in [9.17, 15) is 9.90 Å². The highest BCUT2D eigenvalue weighted by molar-refractivity contribution is 14.1. The summed E-state index contributed by atoms with van der Waals surface area (Å²) in [6, 6.07) is 5.63. The van der Waals surface area contributed by atoms with Crippen molar-refractivity contribution in [2.75, 3.05) is 26.2 Å². The second-order valence-corrected chi connectivity index (χ2v) is 6.25. The first-order valence-electron chi connectivity index (χ1n) is 6.51. The lowest BCUT2D eigenvalue weighted by Crippen LogP contribution is -2.50. The number of carbonyl (C=O) groups is 1. The molecule has 5 heteroatoms. The summed E-state index contributed by atoms with van der Waals surface area (Å²) < 4.78 is 0.763. The Morgan fingerprint density at radius 3 is 2.42 bits per heavy atom. The lowest BCUT2D eigenvalue weighted by Gasteiger charge is -2.37. The molecule has 1 aliphatic rings. The number of hydrogen-bond acceptors (Lipinski definition) is 3. The fourth-order valence-corrected chi connectivity index (χ4v) is 2.61. The first-order valence-corrected chi connectivity index (χ1v) is 7.58. The van der Waals surface area contributed by atoms with Gasteiger partial charge in [-0.3, -0.25) is 9.69 Å². The summed E-state index contributed by atoms with van der Waals surface area (Å²) in [6.07, 6.45) is 0. The van der Waals surface area contributed by atoms with Gasteiger partial charge in [0.2, 0.25) is 0 Å². The fraction of sp³-hybridized carbons (Fsp3) is 0.500. The van der Waals surface area contributed by atoms with E-state index in [4.69, 9.17) is 0 Å². The summed E-state index contributed by atoms with van der Waals surface area (Å²) in [4.78, 5) is 16.6. The van der Waals surface area contributed by atoms with Crippen molar-refractivity contribution in [3.8, 4) is 5.75 Å². The minimum Gasteiger partial charge on any atom is -0.507 e. The Labute approximate surface area is 127 Å². The van der Waals surface area contributed by atoms with Gasteiger partial charge in [0.15, 0.2) is 0 Å². The number of phenols is 1. The summed E-state index contributed by atoms with van der Waals surface area (Å²) >= 11 is 2.05. The maximum atomic E-state index is 12.3. The minimum atomic E-state index is 0.00936. The normalized spacial score (nSPS) is 16.9. The lowest BCUT2D eigenvalue weighted by atomic mass is 10.1. The van der Waals surface area contributed by atoms with Gasteiger partial charge < -0.3 is 10.0 Å². The van der Waals surface area contributed by atoms with Crippen molar-refractivity contribution in [1.82, 2.24) is 9.80 Å². The predicted molar refractivity (Wildman–Crippen MR) is 83.4 cm³/mol. The van der Waals surface area contributed by atoms with Crippen LogP contribution in [0.2, 0.25) is 0 Å². The molecule has 1 aromatic carbocycles. The molecule has 1 N–H and O–H groups in total.